The van der Waals surface area contributed by atoms with E-state index in [0.29, 0.717) is 13.0 Å². The Labute approximate surface area is 98.1 Å². The lowest BCUT2D eigenvalue weighted by Gasteiger charge is -2.05. The highest BCUT2D eigenvalue weighted by Crippen LogP contribution is 2.06. The van der Waals surface area contributed by atoms with Crippen molar-refractivity contribution in [2.45, 2.75) is 46.1 Å². The van der Waals surface area contributed by atoms with Crippen LogP contribution in [0.25, 0.3) is 0 Å². The molecule has 0 fully saturated rings. The summed E-state index contributed by atoms with van der Waals surface area (Å²) >= 11 is 0. The summed E-state index contributed by atoms with van der Waals surface area (Å²) in [4.78, 5) is 11.3. The van der Waals surface area contributed by atoms with Gasteiger partial charge in [0.15, 0.2) is 0 Å². The minimum Gasteiger partial charge on any atom is -0.352 e. The van der Waals surface area contributed by atoms with E-state index in [4.69, 9.17) is 0 Å². The maximum atomic E-state index is 11.3. The van der Waals surface area contributed by atoms with Crippen molar-refractivity contribution >= 4 is 5.91 Å². The van der Waals surface area contributed by atoms with Crippen molar-refractivity contribution in [3.8, 4) is 0 Å². The molecule has 0 spiro atoms. The highest BCUT2D eigenvalue weighted by molar-refractivity contribution is 5.75. The Morgan fingerprint density at radius 1 is 1.06 bits per heavy atom. The Morgan fingerprint density at radius 3 is 2.25 bits per heavy atom. The van der Waals surface area contributed by atoms with Crippen molar-refractivity contribution in [1.82, 2.24) is 5.32 Å². The molecule has 1 amide bonds. The summed E-state index contributed by atoms with van der Waals surface area (Å²) in [6.07, 6.45) is 3.82. The first kappa shape index (κ1) is 12.8. The van der Waals surface area contributed by atoms with Gasteiger partial charge in [-0.25, -0.2) is 0 Å². The highest BCUT2D eigenvalue weighted by atomic mass is 16.1. The zero-order chi connectivity index (χ0) is 11.8. The topological polar surface area (TPSA) is 29.1 Å². The lowest BCUT2D eigenvalue weighted by atomic mass is 10.1. The third-order valence-electron chi connectivity index (χ3n) is 2.53. The van der Waals surface area contributed by atoms with Crippen molar-refractivity contribution in [3.63, 3.8) is 0 Å². The molecule has 0 atom stereocenters. The third kappa shape index (κ3) is 4.47. The fraction of sp³-hybridized carbons (Fsp3) is 0.500. The quantitative estimate of drug-likeness (QED) is 0.782. The Hall–Kier alpha value is -1.31. The monoisotopic (exact) mass is 219 g/mol. The van der Waals surface area contributed by atoms with Gasteiger partial charge in [0.05, 0.1) is 0 Å². The molecule has 0 bridgehead atoms. The van der Waals surface area contributed by atoms with E-state index < -0.39 is 0 Å². The van der Waals surface area contributed by atoms with Gasteiger partial charge in [0.25, 0.3) is 0 Å². The number of carbonyl (C=O) groups excluding carboxylic acids is 1. The summed E-state index contributed by atoms with van der Waals surface area (Å²) in [7, 11) is 0. The maximum Gasteiger partial charge on any atom is 0.220 e. The smallest absolute Gasteiger partial charge is 0.220 e. The van der Waals surface area contributed by atoms with Crippen molar-refractivity contribution in [2.24, 2.45) is 0 Å². The fourth-order valence-electron chi connectivity index (χ4n) is 1.63. The van der Waals surface area contributed by atoms with Crippen molar-refractivity contribution in [1.29, 1.82) is 0 Å². The van der Waals surface area contributed by atoms with Crippen molar-refractivity contribution in [2.75, 3.05) is 0 Å². The molecule has 0 radical (unpaired) electrons. The van der Waals surface area contributed by atoms with Gasteiger partial charge >= 0.3 is 0 Å². The fourth-order valence-corrected chi connectivity index (χ4v) is 1.63. The molecule has 1 N–H and O–H groups in total. The molecule has 16 heavy (non-hydrogen) atoms. The van der Waals surface area contributed by atoms with Crippen LogP contribution in [0.1, 0.15) is 44.2 Å². The largest absolute Gasteiger partial charge is 0.352 e. The van der Waals surface area contributed by atoms with E-state index in [0.717, 1.165) is 12.8 Å². The van der Waals surface area contributed by atoms with Gasteiger partial charge in [-0.1, -0.05) is 44.5 Å². The summed E-state index contributed by atoms with van der Waals surface area (Å²) in [5.41, 5.74) is 2.54. The van der Waals surface area contributed by atoms with Gasteiger partial charge in [-0.05, 0) is 24.0 Å². The average Bonchev–Trinajstić information content (AvgIpc) is 2.29. The molecule has 0 aliphatic carbocycles. The molecule has 0 aromatic heterocycles. The van der Waals surface area contributed by atoms with Gasteiger partial charge < -0.3 is 5.32 Å². The molecule has 0 heterocycles. The number of hydrogen-bond acceptors (Lipinski definition) is 1. The lowest BCUT2D eigenvalue weighted by molar-refractivity contribution is -0.121. The minimum atomic E-state index is 0.139. The third-order valence-corrected chi connectivity index (χ3v) is 2.53. The summed E-state index contributed by atoms with van der Waals surface area (Å²) in [6, 6.07) is 8.48. The molecule has 0 saturated carbocycles. The van der Waals surface area contributed by atoms with Crippen LogP contribution in [0, 0.1) is 0 Å². The van der Waals surface area contributed by atoms with Crippen LogP contribution in [0.15, 0.2) is 24.3 Å². The van der Waals surface area contributed by atoms with Gasteiger partial charge in [0.2, 0.25) is 5.91 Å². The average molecular weight is 219 g/mol. The van der Waals surface area contributed by atoms with Crippen LogP contribution in [-0.2, 0) is 17.8 Å². The number of aryl methyl sites for hydroxylation is 1. The van der Waals surface area contributed by atoms with Crippen LogP contribution in [0.2, 0.25) is 0 Å². The number of rotatable bonds is 6. The normalized spacial score (nSPS) is 10.1. The molecular weight excluding hydrogens is 198 g/mol. The van der Waals surface area contributed by atoms with Crippen LogP contribution < -0.4 is 5.32 Å². The zero-order valence-electron chi connectivity index (χ0n) is 10.3. The van der Waals surface area contributed by atoms with E-state index in [2.05, 4.69) is 36.5 Å². The number of hydrogen-bond donors (Lipinski definition) is 1. The summed E-state index contributed by atoms with van der Waals surface area (Å²) in [6.45, 7) is 4.84. The zero-order valence-corrected chi connectivity index (χ0v) is 10.3. The molecule has 0 saturated heterocycles. The molecular formula is C14H21NO. The molecule has 1 aromatic rings. The SMILES string of the molecule is CCCC(=O)NCc1ccc(CCC)cc1. The Kier molecular flexibility index (Phi) is 5.62. The second-order valence-electron chi connectivity index (χ2n) is 4.09. The van der Waals surface area contributed by atoms with Crippen LogP contribution in [0.5, 0.6) is 0 Å². The number of nitrogens with one attached hydrogen (secondary N) is 1. The van der Waals surface area contributed by atoms with Gasteiger partial charge in [-0.2, -0.15) is 0 Å². The van der Waals surface area contributed by atoms with E-state index >= 15 is 0 Å². The van der Waals surface area contributed by atoms with Crippen LogP contribution in [-0.4, -0.2) is 5.91 Å². The number of amides is 1. The second kappa shape index (κ2) is 7.04. The first-order valence-electron chi connectivity index (χ1n) is 6.10. The molecule has 2 heteroatoms. The summed E-state index contributed by atoms with van der Waals surface area (Å²) in [5.74, 6) is 0.139. The van der Waals surface area contributed by atoms with E-state index in [1.807, 2.05) is 6.92 Å². The maximum absolute atomic E-state index is 11.3. The molecule has 2 nitrogen and oxygen atoms in total. The first-order chi connectivity index (χ1) is 7.76. The van der Waals surface area contributed by atoms with Crippen molar-refractivity contribution in [3.05, 3.63) is 35.4 Å². The summed E-state index contributed by atoms with van der Waals surface area (Å²) < 4.78 is 0. The van der Waals surface area contributed by atoms with Gasteiger partial charge in [-0.3, -0.25) is 4.79 Å². The molecule has 0 aliphatic rings. The van der Waals surface area contributed by atoms with E-state index in [1.165, 1.54) is 17.5 Å². The molecule has 1 rings (SSSR count). The number of benzene rings is 1. The Morgan fingerprint density at radius 2 is 1.69 bits per heavy atom. The molecule has 88 valence electrons. The standard InChI is InChI=1S/C14H21NO/c1-3-5-12-7-9-13(10-8-12)11-15-14(16)6-4-2/h7-10H,3-6,11H2,1-2H3,(H,15,16). The molecule has 1 aromatic carbocycles. The minimum absolute atomic E-state index is 0.139. The van der Waals surface area contributed by atoms with Gasteiger partial charge in [-0.15, -0.1) is 0 Å². The lowest BCUT2D eigenvalue weighted by Crippen LogP contribution is -2.21. The summed E-state index contributed by atoms with van der Waals surface area (Å²) in [5, 5.41) is 2.91. The van der Waals surface area contributed by atoms with Crippen LogP contribution in [0.4, 0.5) is 0 Å². The van der Waals surface area contributed by atoms with Crippen molar-refractivity contribution < 1.29 is 4.79 Å². The van der Waals surface area contributed by atoms with E-state index in [9.17, 15) is 4.79 Å². The van der Waals surface area contributed by atoms with Gasteiger partial charge in [0, 0.05) is 13.0 Å². The highest BCUT2D eigenvalue weighted by Gasteiger charge is 1.99. The molecule has 0 aliphatic heterocycles. The first-order valence-corrected chi connectivity index (χ1v) is 6.10. The van der Waals surface area contributed by atoms with Crippen LogP contribution >= 0.6 is 0 Å². The van der Waals surface area contributed by atoms with Gasteiger partial charge in [0.1, 0.15) is 0 Å². The second-order valence-corrected chi connectivity index (χ2v) is 4.09. The Bertz CT molecular complexity index is 316. The molecule has 0 unspecified atom stereocenters. The predicted octanol–water partition coefficient (Wildman–Crippen LogP) is 3.06. The van der Waals surface area contributed by atoms with E-state index in [1.54, 1.807) is 0 Å². The number of carbonyl (C=O) groups is 1. The van der Waals surface area contributed by atoms with E-state index in [-0.39, 0.29) is 5.91 Å². The van der Waals surface area contributed by atoms with Crippen LogP contribution in [0.3, 0.4) is 0 Å². The Balaban J connectivity index is 2.40. The predicted molar refractivity (Wildman–Crippen MR) is 67.2 cm³/mol.